The topological polar surface area (TPSA) is 68.0 Å². The maximum atomic E-state index is 12.1. The van der Waals surface area contributed by atoms with Crippen LogP contribution in [0.1, 0.15) is 0 Å². The second-order valence-electron chi connectivity index (χ2n) is 4.52. The molecule has 3 heterocycles. The highest BCUT2D eigenvalue weighted by Gasteiger charge is 2.19. The fourth-order valence-corrected chi connectivity index (χ4v) is 2.35. The van der Waals surface area contributed by atoms with Crippen molar-refractivity contribution >= 4 is 17.0 Å². The number of imidazole rings is 1. The van der Waals surface area contributed by atoms with E-state index in [4.69, 9.17) is 0 Å². The third-order valence-corrected chi connectivity index (χ3v) is 3.35. The van der Waals surface area contributed by atoms with Crippen LogP contribution in [-0.2, 0) is 14.1 Å². The maximum Gasteiger partial charge on any atom is 0.292 e. The van der Waals surface area contributed by atoms with Crippen molar-refractivity contribution in [3.05, 3.63) is 16.6 Å². The van der Waals surface area contributed by atoms with Crippen LogP contribution in [0, 0.1) is 0 Å². The Labute approximate surface area is 104 Å². The molecule has 0 radical (unpaired) electrons. The molecule has 0 aromatic carbocycles. The Kier molecular flexibility index (Phi) is 2.55. The molecule has 1 aliphatic heterocycles. The number of rotatable bonds is 1. The lowest BCUT2D eigenvalue weighted by atomic mass is 10.4. The summed E-state index contributed by atoms with van der Waals surface area (Å²) in [5, 5.41) is 7.31. The number of anilines is 1. The average Bonchev–Trinajstić information content (AvgIpc) is 2.73. The van der Waals surface area contributed by atoms with Crippen LogP contribution in [0.2, 0.25) is 0 Å². The van der Waals surface area contributed by atoms with Crippen molar-refractivity contribution in [1.29, 1.82) is 0 Å². The van der Waals surface area contributed by atoms with Gasteiger partial charge in [-0.2, -0.15) is 5.10 Å². The van der Waals surface area contributed by atoms with Gasteiger partial charge in [0.05, 0.1) is 6.20 Å². The Bertz CT molecular complexity index is 637. The minimum atomic E-state index is -0.108. The minimum absolute atomic E-state index is 0.108. The summed E-state index contributed by atoms with van der Waals surface area (Å²) in [4.78, 5) is 18.8. The van der Waals surface area contributed by atoms with E-state index in [2.05, 4.69) is 20.3 Å². The van der Waals surface area contributed by atoms with Gasteiger partial charge in [-0.25, -0.2) is 9.67 Å². The number of hydrogen-bond acceptors (Lipinski definition) is 5. The predicted octanol–water partition coefficient (Wildman–Crippen LogP) is -0.923. The first-order valence-electron chi connectivity index (χ1n) is 6.03. The number of nitrogens with one attached hydrogen (secondary N) is 1. The number of piperazine rings is 1. The highest BCUT2D eigenvalue weighted by Crippen LogP contribution is 2.18. The standard InChI is InChI=1S/C11H16N6O/c1-15-9-8(7-13-16(2)10(9)18)14-11(15)17-5-3-12-4-6-17/h7,12H,3-6H2,1-2H3. The molecular weight excluding hydrogens is 232 g/mol. The zero-order valence-corrected chi connectivity index (χ0v) is 10.6. The normalized spacial score (nSPS) is 16.4. The van der Waals surface area contributed by atoms with Gasteiger partial charge in [-0.1, -0.05) is 0 Å². The van der Waals surface area contributed by atoms with Gasteiger partial charge in [-0.05, 0) is 0 Å². The molecule has 1 saturated heterocycles. The second kappa shape index (κ2) is 4.09. The Hall–Kier alpha value is -1.89. The molecule has 7 nitrogen and oxygen atoms in total. The average molecular weight is 248 g/mol. The van der Waals surface area contributed by atoms with E-state index in [0.717, 1.165) is 32.1 Å². The second-order valence-corrected chi connectivity index (χ2v) is 4.52. The van der Waals surface area contributed by atoms with Gasteiger partial charge in [0.1, 0.15) is 11.0 Å². The molecule has 7 heteroatoms. The Morgan fingerprint density at radius 3 is 2.72 bits per heavy atom. The van der Waals surface area contributed by atoms with Crippen molar-refractivity contribution in [1.82, 2.24) is 24.6 Å². The van der Waals surface area contributed by atoms with Gasteiger partial charge in [0.25, 0.3) is 5.56 Å². The minimum Gasteiger partial charge on any atom is -0.340 e. The molecule has 0 saturated carbocycles. The van der Waals surface area contributed by atoms with E-state index in [0.29, 0.717) is 11.0 Å². The summed E-state index contributed by atoms with van der Waals surface area (Å²) in [5.74, 6) is 0.844. The van der Waals surface area contributed by atoms with Gasteiger partial charge in [0, 0.05) is 40.3 Å². The van der Waals surface area contributed by atoms with Crippen molar-refractivity contribution < 1.29 is 0 Å². The van der Waals surface area contributed by atoms with Gasteiger partial charge >= 0.3 is 0 Å². The molecule has 2 aromatic rings. The Morgan fingerprint density at radius 2 is 2.00 bits per heavy atom. The summed E-state index contributed by atoms with van der Waals surface area (Å²) in [6, 6.07) is 0. The van der Waals surface area contributed by atoms with Crippen LogP contribution in [0.4, 0.5) is 5.95 Å². The summed E-state index contributed by atoms with van der Waals surface area (Å²) in [7, 11) is 3.54. The van der Waals surface area contributed by atoms with E-state index in [1.165, 1.54) is 4.68 Å². The fourth-order valence-electron chi connectivity index (χ4n) is 2.35. The molecule has 0 aliphatic carbocycles. The molecule has 96 valence electrons. The van der Waals surface area contributed by atoms with Gasteiger partial charge < -0.3 is 14.8 Å². The molecule has 1 fully saturated rings. The first-order valence-corrected chi connectivity index (χ1v) is 6.03. The van der Waals surface area contributed by atoms with E-state index < -0.39 is 0 Å². The zero-order chi connectivity index (χ0) is 12.7. The van der Waals surface area contributed by atoms with Crippen LogP contribution >= 0.6 is 0 Å². The Morgan fingerprint density at radius 1 is 1.28 bits per heavy atom. The third kappa shape index (κ3) is 1.59. The summed E-state index contributed by atoms with van der Waals surface area (Å²) in [5.41, 5.74) is 1.17. The molecule has 18 heavy (non-hydrogen) atoms. The number of fused-ring (bicyclic) bond motifs is 1. The first-order chi connectivity index (χ1) is 8.68. The monoisotopic (exact) mass is 248 g/mol. The van der Waals surface area contributed by atoms with E-state index in [1.807, 2.05) is 11.6 Å². The number of nitrogens with zero attached hydrogens (tertiary/aromatic N) is 5. The van der Waals surface area contributed by atoms with Crippen molar-refractivity contribution in [2.75, 3.05) is 31.1 Å². The molecule has 2 aromatic heterocycles. The van der Waals surface area contributed by atoms with Crippen LogP contribution in [0.15, 0.2) is 11.0 Å². The summed E-state index contributed by atoms with van der Waals surface area (Å²) >= 11 is 0. The smallest absolute Gasteiger partial charge is 0.292 e. The molecule has 1 N–H and O–H groups in total. The molecule has 3 rings (SSSR count). The lowest BCUT2D eigenvalue weighted by molar-refractivity contribution is 0.575. The van der Waals surface area contributed by atoms with E-state index in [9.17, 15) is 4.79 Å². The van der Waals surface area contributed by atoms with Gasteiger partial charge in [0.15, 0.2) is 0 Å². The van der Waals surface area contributed by atoms with E-state index in [-0.39, 0.29) is 5.56 Å². The lowest BCUT2D eigenvalue weighted by Crippen LogP contribution is -2.44. The molecule has 0 atom stereocenters. The van der Waals surface area contributed by atoms with Crippen molar-refractivity contribution in [3.8, 4) is 0 Å². The van der Waals surface area contributed by atoms with Crippen molar-refractivity contribution in [2.24, 2.45) is 14.1 Å². The Balaban J connectivity index is 2.16. The number of hydrogen-bond donors (Lipinski definition) is 1. The van der Waals surface area contributed by atoms with Crippen LogP contribution in [0.25, 0.3) is 11.0 Å². The molecule has 0 spiro atoms. The largest absolute Gasteiger partial charge is 0.340 e. The van der Waals surface area contributed by atoms with Crippen LogP contribution in [-0.4, -0.2) is 45.5 Å². The van der Waals surface area contributed by atoms with Crippen LogP contribution in [0.3, 0.4) is 0 Å². The fraction of sp³-hybridized carbons (Fsp3) is 0.545. The summed E-state index contributed by atoms with van der Waals surface area (Å²) in [6.45, 7) is 3.70. The van der Waals surface area contributed by atoms with Gasteiger partial charge in [-0.3, -0.25) is 4.79 Å². The van der Waals surface area contributed by atoms with Gasteiger partial charge in [-0.15, -0.1) is 0 Å². The molecule has 0 bridgehead atoms. The maximum absolute atomic E-state index is 12.1. The highest BCUT2D eigenvalue weighted by atomic mass is 16.1. The van der Waals surface area contributed by atoms with Crippen LogP contribution in [0.5, 0.6) is 0 Å². The molecule has 0 unspecified atom stereocenters. The molecular formula is C11H16N6O. The zero-order valence-electron chi connectivity index (χ0n) is 10.6. The van der Waals surface area contributed by atoms with E-state index in [1.54, 1.807) is 13.2 Å². The quantitative estimate of drug-likeness (QED) is 0.706. The van der Waals surface area contributed by atoms with E-state index >= 15 is 0 Å². The summed E-state index contributed by atoms with van der Waals surface area (Å²) < 4.78 is 3.20. The lowest BCUT2D eigenvalue weighted by Gasteiger charge is -2.28. The summed E-state index contributed by atoms with van der Waals surface area (Å²) in [6.07, 6.45) is 1.64. The SMILES string of the molecule is Cn1ncc2nc(N3CCNCC3)n(C)c2c1=O. The first kappa shape index (κ1) is 11.2. The molecule has 1 aliphatic rings. The third-order valence-electron chi connectivity index (χ3n) is 3.35. The number of aromatic nitrogens is 4. The van der Waals surface area contributed by atoms with Gasteiger partial charge in [0.2, 0.25) is 5.95 Å². The number of aryl methyl sites for hydroxylation is 2. The molecule has 0 amide bonds. The predicted molar refractivity (Wildman–Crippen MR) is 68.8 cm³/mol. The van der Waals surface area contributed by atoms with Crippen LogP contribution < -0.4 is 15.8 Å². The highest BCUT2D eigenvalue weighted by molar-refractivity contribution is 5.76. The van der Waals surface area contributed by atoms with Crippen molar-refractivity contribution in [2.45, 2.75) is 0 Å². The van der Waals surface area contributed by atoms with Crippen molar-refractivity contribution in [3.63, 3.8) is 0 Å².